The van der Waals surface area contributed by atoms with Crippen molar-refractivity contribution in [3.8, 4) is 23.0 Å². The van der Waals surface area contributed by atoms with E-state index < -0.39 is 12.0 Å². The summed E-state index contributed by atoms with van der Waals surface area (Å²) in [7, 11) is 3.07. The number of esters is 1. The van der Waals surface area contributed by atoms with E-state index in [9.17, 15) is 14.7 Å². The summed E-state index contributed by atoms with van der Waals surface area (Å²) in [6, 6.07) is 18.6. The van der Waals surface area contributed by atoms with Crippen molar-refractivity contribution in [2.24, 2.45) is 4.99 Å². The third kappa shape index (κ3) is 5.40. The highest BCUT2D eigenvalue weighted by atomic mass is 32.1. The number of hydrogen-bond acceptors (Lipinski definition) is 9. The number of rotatable bonds is 9. The topological polar surface area (TPSA) is 109 Å². The molecule has 0 unspecified atom stereocenters. The van der Waals surface area contributed by atoms with Gasteiger partial charge >= 0.3 is 5.97 Å². The number of phenolic OH excluding ortho intramolecular Hbond substituents is 1. The summed E-state index contributed by atoms with van der Waals surface area (Å²) < 4.78 is 23.9. The molecule has 1 aromatic heterocycles. The van der Waals surface area contributed by atoms with E-state index in [1.54, 1.807) is 50.4 Å². The maximum Gasteiger partial charge on any atom is 0.338 e. The Morgan fingerprint density at radius 3 is 2.43 bits per heavy atom. The number of carbonyl (C=O) groups is 1. The molecule has 1 aliphatic rings. The molecule has 0 bridgehead atoms. The molecular formula is C32H30N2O7S. The lowest BCUT2D eigenvalue weighted by atomic mass is 9.93. The van der Waals surface area contributed by atoms with Crippen molar-refractivity contribution < 1.29 is 28.8 Å². The molecule has 5 rings (SSSR count). The van der Waals surface area contributed by atoms with Crippen molar-refractivity contribution >= 4 is 29.1 Å². The maximum atomic E-state index is 14.1. The number of hydrogen-bond donors (Lipinski definition) is 1. The minimum Gasteiger partial charge on any atom is -0.504 e. The highest BCUT2D eigenvalue weighted by molar-refractivity contribution is 7.07. The largest absolute Gasteiger partial charge is 0.504 e. The first-order valence-corrected chi connectivity index (χ1v) is 14.2. The Kier molecular flexibility index (Phi) is 8.44. The van der Waals surface area contributed by atoms with E-state index in [0.29, 0.717) is 55.6 Å². The average Bonchev–Trinajstić information content (AvgIpc) is 3.32. The van der Waals surface area contributed by atoms with Crippen LogP contribution in [0.5, 0.6) is 23.0 Å². The number of aromatic nitrogens is 1. The van der Waals surface area contributed by atoms with Crippen LogP contribution in [0.3, 0.4) is 0 Å². The minimum absolute atomic E-state index is 0.00972. The second-order valence-electron chi connectivity index (χ2n) is 9.21. The summed E-state index contributed by atoms with van der Waals surface area (Å²) in [6.45, 7) is 4.08. The lowest BCUT2D eigenvalue weighted by molar-refractivity contribution is -0.138. The molecule has 42 heavy (non-hydrogen) atoms. The Morgan fingerprint density at radius 2 is 1.74 bits per heavy atom. The van der Waals surface area contributed by atoms with Crippen LogP contribution in [0.25, 0.3) is 11.8 Å². The number of fused-ring (bicyclic) bond motifs is 1. The fourth-order valence-corrected chi connectivity index (χ4v) is 5.82. The van der Waals surface area contributed by atoms with E-state index in [2.05, 4.69) is 0 Å². The molecule has 1 N–H and O–H groups in total. The summed E-state index contributed by atoms with van der Waals surface area (Å²) in [6.07, 6.45) is 1.72. The van der Waals surface area contributed by atoms with Gasteiger partial charge in [-0.15, -0.1) is 0 Å². The summed E-state index contributed by atoms with van der Waals surface area (Å²) in [4.78, 5) is 33.0. The predicted octanol–water partition coefficient (Wildman–Crippen LogP) is 4.06. The zero-order valence-corrected chi connectivity index (χ0v) is 24.4. The zero-order chi connectivity index (χ0) is 29.8. The first-order chi connectivity index (χ1) is 20.4. The lowest BCUT2D eigenvalue weighted by Crippen LogP contribution is -2.40. The van der Waals surface area contributed by atoms with E-state index in [1.807, 2.05) is 37.3 Å². The lowest BCUT2D eigenvalue weighted by Gasteiger charge is -2.26. The predicted molar refractivity (Wildman–Crippen MR) is 160 cm³/mol. The molecule has 216 valence electrons. The maximum absolute atomic E-state index is 14.1. The van der Waals surface area contributed by atoms with Crippen LogP contribution in [0.4, 0.5) is 0 Å². The molecule has 1 aliphatic heterocycles. The van der Waals surface area contributed by atoms with Gasteiger partial charge in [0, 0.05) is 5.56 Å². The number of benzene rings is 3. The standard InChI is InChI=1S/C32H30N2O7S/c1-5-40-24-16-19(12-14-22(24)35)17-26-30(36)34-29(21-13-15-23(38-3)25(18-21)39-4)27(31(37)41-6-2)28(33-32(34)42-26)20-10-8-7-9-11-20/h7-18,29,35H,5-6H2,1-4H3/b26-17-/t29-/m1/s1. The molecule has 0 saturated carbocycles. The van der Waals surface area contributed by atoms with E-state index in [0.717, 1.165) is 0 Å². The van der Waals surface area contributed by atoms with Gasteiger partial charge in [-0.3, -0.25) is 9.36 Å². The van der Waals surface area contributed by atoms with Crippen molar-refractivity contribution in [1.82, 2.24) is 4.57 Å². The van der Waals surface area contributed by atoms with Gasteiger partial charge in [0.1, 0.15) is 0 Å². The number of thiazole rings is 1. The molecule has 2 heterocycles. The molecule has 0 aliphatic carbocycles. The molecule has 0 amide bonds. The average molecular weight is 587 g/mol. The zero-order valence-electron chi connectivity index (χ0n) is 23.6. The van der Waals surface area contributed by atoms with Crippen LogP contribution >= 0.6 is 11.3 Å². The van der Waals surface area contributed by atoms with Crippen LogP contribution in [-0.4, -0.2) is 43.1 Å². The number of carbonyl (C=O) groups excluding carboxylic acids is 1. The van der Waals surface area contributed by atoms with Crippen LogP contribution in [-0.2, 0) is 9.53 Å². The SMILES string of the molecule is CCOC(=O)C1=C(c2ccccc2)N=c2s/c(=C\c3ccc(O)c(OCC)c3)c(=O)n2[C@@H]1c1ccc(OC)c(OC)c1. The summed E-state index contributed by atoms with van der Waals surface area (Å²) in [5.74, 6) is 0.713. The van der Waals surface area contributed by atoms with E-state index >= 15 is 0 Å². The normalized spacial score (nSPS) is 14.7. The highest BCUT2D eigenvalue weighted by Crippen LogP contribution is 2.38. The Morgan fingerprint density at radius 1 is 0.976 bits per heavy atom. The fourth-order valence-electron chi connectivity index (χ4n) is 4.82. The number of nitrogens with zero attached hydrogens (tertiary/aromatic N) is 2. The summed E-state index contributed by atoms with van der Waals surface area (Å²) in [5.41, 5.74) is 2.32. The van der Waals surface area contributed by atoms with Gasteiger partial charge in [0.05, 0.1) is 49.3 Å². The highest BCUT2D eigenvalue weighted by Gasteiger charge is 2.35. The van der Waals surface area contributed by atoms with Crippen molar-refractivity contribution in [3.05, 3.63) is 109 Å². The van der Waals surface area contributed by atoms with Crippen molar-refractivity contribution in [3.63, 3.8) is 0 Å². The number of methoxy groups -OCH3 is 2. The third-order valence-electron chi connectivity index (χ3n) is 6.68. The first-order valence-electron chi connectivity index (χ1n) is 13.4. The van der Waals surface area contributed by atoms with Gasteiger partial charge < -0.3 is 24.1 Å². The van der Waals surface area contributed by atoms with Crippen LogP contribution in [0.2, 0.25) is 0 Å². The third-order valence-corrected chi connectivity index (χ3v) is 7.66. The molecule has 3 aromatic carbocycles. The molecule has 0 saturated heterocycles. The van der Waals surface area contributed by atoms with Crippen molar-refractivity contribution in [1.29, 1.82) is 0 Å². The Balaban J connectivity index is 1.81. The molecule has 0 spiro atoms. The monoisotopic (exact) mass is 586 g/mol. The second kappa shape index (κ2) is 12.4. The van der Waals surface area contributed by atoms with Crippen LogP contribution in [0, 0.1) is 0 Å². The van der Waals surface area contributed by atoms with Crippen molar-refractivity contribution in [2.45, 2.75) is 19.9 Å². The molecular weight excluding hydrogens is 556 g/mol. The minimum atomic E-state index is -0.865. The fraction of sp³-hybridized carbons (Fsp3) is 0.219. The van der Waals surface area contributed by atoms with Gasteiger partial charge in [0.2, 0.25) is 0 Å². The molecule has 4 aromatic rings. The van der Waals surface area contributed by atoms with E-state index in [-0.39, 0.29) is 23.5 Å². The van der Waals surface area contributed by atoms with Gasteiger partial charge in [-0.1, -0.05) is 53.8 Å². The van der Waals surface area contributed by atoms with Gasteiger partial charge in [-0.25, -0.2) is 9.79 Å². The molecule has 9 nitrogen and oxygen atoms in total. The molecule has 0 fully saturated rings. The molecule has 0 radical (unpaired) electrons. The van der Waals surface area contributed by atoms with Crippen LogP contribution in [0.15, 0.2) is 82.1 Å². The molecule has 10 heteroatoms. The van der Waals surface area contributed by atoms with Gasteiger partial charge in [0.15, 0.2) is 27.8 Å². The number of phenols is 1. The van der Waals surface area contributed by atoms with Crippen LogP contribution in [0.1, 0.15) is 36.6 Å². The Bertz CT molecular complexity index is 1840. The summed E-state index contributed by atoms with van der Waals surface area (Å²) >= 11 is 1.20. The quantitative estimate of drug-likeness (QED) is 0.295. The Labute approximate surface area is 246 Å². The number of aromatic hydroxyl groups is 1. The van der Waals surface area contributed by atoms with Crippen molar-refractivity contribution in [2.75, 3.05) is 27.4 Å². The smallest absolute Gasteiger partial charge is 0.338 e. The van der Waals surface area contributed by atoms with Crippen LogP contribution < -0.4 is 29.1 Å². The summed E-state index contributed by atoms with van der Waals surface area (Å²) in [5, 5.41) is 10.1. The van der Waals surface area contributed by atoms with Gasteiger partial charge in [-0.2, -0.15) is 0 Å². The van der Waals surface area contributed by atoms with E-state index in [1.165, 1.54) is 29.1 Å². The molecule has 1 atom stereocenters. The number of ether oxygens (including phenoxy) is 4. The Hall–Kier alpha value is -4.83. The van der Waals surface area contributed by atoms with Gasteiger partial charge in [0.25, 0.3) is 5.56 Å². The second-order valence-corrected chi connectivity index (χ2v) is 10.2. The first kappa shape index (κ1) is 28.7. The van der Waals surface area contributed by atoms with E-state index in [4.69, 9.17) is 23.9 Å². The van der Waals surface area contributed by atoms with Gasteiger partial charge in [-0.05, 0) is 55.3 Å².